The summed E-state index contributed by atoms with van der Waals surface area (Å²) in [6, 6.07) is 10.1. The lowest BCUT2D eigenvalue weighted by atomic mass is 10.2. The standard InChI is InChI=1S/C18H21ClN2O2S/c1-5-21(4)12-20-16-11-15(19)18(10-14(16)3)24(22,23)17-9-7-6-8-13(17)2/h6-12H,5H2,1-4H3. The molecule has 0 radical (unpaired) electrons. The van der Waals surface area contributed by atoms with E-state index in [1.165, 1.54) is 0 Å². The quantitative estimate of drug-likeness (QED) is 0.583. The molecule has 0 aromatic heterocycles. The molecule has 0 bridgehead atoms. The Morgan fingerprint density at radius 3 is 2.42 bits per heavy atom. The fourth-order valence-electron chi connectivity index (χ4n) is 2.21. The van der Waals surface area contributed by atoms with Crippen molar-refractivity contribution in [2.45, 2.75) is 30.6 Å². The van der Waals surface area contributed by atoms with Crippen molar-refractivity contribution in [3.8, 4) is 0 Å². The first-order chi connectivity index (χ1) is 11.3. The van der Waals surface area contributed by atoms with Crippen LogP contribution in [0.2, 0.25) is 5.02 Å². The Bertz CT molecular complexity index is 877. The van der Waals surface area contributed by atoms with E-state index in [2.05, 4.69) is 4.99 Å². The molecule has 0 atom stereocenters. The molecule has 24 heavy (non-hydrogen) atoms. The van der Waals surface area contributed by atoms with Crippen molar-refractivity contribution in [2.24, 2.45) is 4.99 Å². The van der Waals surface area contributed by atoms with E-state index in [1.807, 2.05) is 31.9 Å². The molecule has 0 amide bonds. The number of hydrogen-bond donors (Lipinski definition) is 0. The highest BCUT2D eigenvalue weighted by Gasteiger charge is 2.23. The highest BCUT2D eigenvalue weighted by molar-refractivity contribution is 7.91. The molecule has 2 rings (SSSR count). The molecule has 0 aliphatic carbocycles. The fourth-order valence-corrected chi connectivity index (χ4v) is 4.31. The third kappa shape index (κ3) is 3.79. The molecule has 2 aromatic carbocycles. The zero-order valence-electron chi connectivity index (χ0n) is 14.2. The van der Waals surface area contributed by atoms with Gasteiger partial charge >= 0.3 is 0 Å². The number of hydrogen-bond acceptors (Lipinski definition) is 3. The largest absolute Gasteiger partial charge is 0.366 e. The van der Waals surface area contributed by atoms with Crippen LogP contribution in [0.15, 0.2) is 51.2 Å². The minimum atomic E-state index is -3.67. The van der Waals surface area contributed by atoms with E-state index < -0.39 is 9.84 Å². The summed E-state index contributed by atoms with van der Waals surface area (Å²) in [4.78, 5) is 6.68. The maximum atomic E-state index is 12.9. The Hall–Kier alpha value is -1.85. The fraction of sp³-hybridized carbons (Fsp3) is 0.278. The molecular formula is C18H21ClN2O2S. The van der Waals surface area contributed by atoms with Crippen LogP contribution in [-0.4, -0.2) is 33.2 Å². The first kappa shape index (κ1) is 18.5. The summed E-state index contributed by atoms with van der Waals surface area (Å²) in [7, 11) is -1.76. The molecule has 0 spiro atoms. The van der Waals surface area contributed by atoms with Gasteiger partial charge in [0.2, 0.25) is 9.84 Å². The number of aliphatic imine (C=N–C) groups is 1. The van der Waals surface area contributed by atoms with E-state index in [0.717, 1.165) is 12.1 Å². The molecule has 0 heterocycles. The van der Waals surface area contributed by atoms with Crippen LogP contribution in [0.5, 0.6) is 0 Å². The Balaban J connectivity index is 2.52. The average molecular weight is 365 g/mol. The number of aryl methyl sites for hydroxylation is 2. The lowest BCUT2D eigenvalue weighted by Crippen LogP contribution is -2.14. The van der Waals surface area contributed by atoms with Gasteiger partial charge in [-0.3, -0.25) is 0 Å². The molecule has 6 heteroatoms. The molecule has 0 saturated carbocycles. The molecule has 0 N–H and O–H groups in total. The predicted octanol–water partition coefficient (Wildman–Crippen LogP) is 4.40. The van der Waals surface area contributed by atoms with Crippen molar-refractivity contribution >= 4 is 33.5 Å². The number of rotatable bonds is 5. The van der Waals surface area contributed by atoms with Crippen LogP contribution in [0.1, 0.15) is 18.1 Å². The van der Waals surface area contributed by atoms with E-state index in [4.69, 9.17) is 11.6 Å². The number of sulfone groups is 1. The molecule has 0 aliphatic rings. The van der Waals surface area contributed by atoms with Crippen LogP contribution in [0, 0.1) is 13.8 Å². The van der Waals surface area contributed by atoms with Crippen molar-refractivity contribution in [3.63, 3.8) is 0 Å². The Kier molecular flexibility index (Phi) is 5.67. The van der Waals surface area contributed by atoms with Gasteiger partial charge in [0, 0.05) is 13.6 Å². The zero-order chi connectivity index (χ0) is 17.9. The minimum absolute atomic E-state index is 0.110. The monoisotopic (exact) mass is 364 g/mol. The van der Waals surface area contributed by atoms with Crippen LogP contribution in [0.4, 0.5) is 5.69 Å². The van der Waals surface area contributed by atoms with Crippen LogP contribution >= 0.6 is 11.6 Å². The van der Waals surface area contributed by atoms with Crippen LogP contribution < -0.4 is 0 Å². The van der Waals surface area contributed by atoms with Crippen LogP contribution in [0.25, 0.3) is 0 Å². The van der Waals surface area contributed by atoms with Gasteiger partial charge in [-0.2, -0.15) is 0 Å². The van der Waals surface area contributed by atoms with Gasteiger partial charge in [-0.05, 0) is 50.1 Å². The lowest BCUT2D eigenvalue weighted by Gasteiger charge is -2.12. The van der Waals surface area contributed by atoms with Gasteiger partial charge in [0.05, 0.1) is 26.8 Å². The number of benzene rings is 2. The van der Waals surface area contributed by atoms with Crippen LogP contribution in [-0.2, 0) is 9.84 Å². The molecule has 0 fully saturated rings. The Morgan fingerprint density at radius 2 is 1.79 bits per heavy atom. The second kappa shape index (κ2) is 7.36. The second-order valence-corrected chi connectivity index (χ2v) is 7.95. The van der Waals surface area contributed by atoms with Crippen molar-refractivity contribution in [2.75, 3.05) is 13.6 Å². The maximum absolute atomic E-state index is 12.9. The highest BCUT2D eigenvalue weighted by Crippen LogP contribution is 2.34. The smallest absolute Gasteiger partial charge is 0.208 e. The van der Waals surface area contributed by atoms with Crippen LogP contribution in [0.3, 0.4) is 0 Å². The van der Waals surface area contributed by atoms with Crippen molar-refractivity contribution in [1.82, 2.24) is 4.90 Å². The first-order valence-electron chi connectivity index (χ1n) is 7.62. The average Bonchev–Trinajstić information content (AvgIpc) is 2.54. The zero-order valence-corrected chi connectivity index (χ0v) is 15.8. The predicted molar refractivity (Wildman–Crippen MR) is 99.3 cm³/mol. The van der Waals surface area contributed by atoms with Gasteiger partial charge in [0.25, 0.3) is 0 Å². The third-order valence-electron chi connectivity index (χ3n) is 3.82. The van der Waals surface area contributed by atoms with E-state index in [1.54, 1.807) is 43.6 Å². The van der Waals surface area contributed by atoms with E-state index >= 15 is 0 Å². The summed E-state index contributed by atoms with van der Waals surface area (Å²) in [5.74, 6) is 0. The number of nitrogens with zero attached hydrogens (tertiary/aromatic N) is 2. The minimum Gasteiger partial charge on any atom is -0.366 e. The molecule has 128 valence electrons. The Morgan fingerprint density at radius 1 is 1.12 bits per heavy atom. The first-order valence-corrected chi connectivity index (χ1v) is 9.48. The van der Waals surface area contributed by atoms with E-state index in [9.17, 15) is 8.42 Å². The van der Waals surface area contributed by atoms with Gasteiger partial charge in [-0.15, -0.1) is 0 Å². The summed E-state index contributed by atoms with van der Waals surface area (Å²) in [5, 5.41) is 0.176. The van der Waals surface area contributed by atoms with Crippen molar-refractivity contribution < 1.29 is 8.42 Å². The highest BCUT2D eigenvalue weighted by atomic mass is 35.5. The summed E-state index contributed by atoms with van der Waals surface area (Å²) in [5.41, 5.74) is 2.11. The van der Waals surface area contributed by atoms with Gasteiger partial charge in [-0.1, -0.05) is 29.8 Å². The third-order valence-corrected chi connectivity index (χ3v) is 6.19. The van der Waals surface area contributed by atoms with Crippen molar-refractivity contribution in [1.29, 1.82) is 0 Å². The molecule has 0 aliphatic heterocycles. The lowest BCUT2D eigenvalue weighted by molar-refractivity contribution is 0.552. The molecule has 0 unspecified atom stereocenters. The van der Waals surface area contributed by atoms with Crippen molar-refractivity contribution in [3.05, 3.63) is 52.5 Å². The normalized spacial score (nSPS) is 11.9. The van der Waals surface area contributed by atoms with Gasteiger partial charge in [0.15, 0.2) is 0 Å². The summed E-state index contributed by atoms with van der Waals surface area (Å²) in [6.45, 7) is 6.44. The number of halogens is 1. The SMILES string of the molecule is CCN(C)C=Nc1cc(Cl)c(S(=O)(=O)c2ccccc2C)cc1C. The summed E-state index contributed by atoms with van der Waals surface area (Å²) in [6.07, 6.45) is 1.70. The molecule has 4 nitrogen and oxygen atoms in total. The molecule has 0 saturated heterocycles. The maximum Gasteiger partial charge on any atom is 0.208 e. The molecular weight excluding hydrogens is 344 g/mol. The second-order valence-electron chi connectivity index (χ2n) is 5.66. The van der Waals surface area contributed by atoms with Gasteiger partial charge in [-0.25, -0.2) is 13.4 Å². The van der Waals surface area contributed by atoms with Gasteiger partial charge < -0.3 is 4.90 Å². The Labute approximate surface area is 148 Å². The summed E-state index contributed by atoms with van der Waals surface area (Å²) < 4.78 is 25.8. The van der Waals surface area contributed by atoms with Gasteiger partial charge in [0.1, 0.15) is 0 Å². The topological polar surface area (TPSA) is 49.7 Å². The summed E-state index contributed by atoms with van der Waals surface area (Å²) >= 11 is 6.27. The van der Waals surface area contributed by atoms with E-state index in [0.29, 0.717) is 11.3 Å². The van der Waals surface area contributed by atoms with E-state index in [-0.39, 0.29) is 14.8 Å². The molecule has 2 aromatic rings.